The molecule has 0 aliphatic heterocycles. The van der Waals surface area contributed by atoms with E-state index in [9.17, 15) is 26.4 Å². The van der Waals surface area contributed by atoms with E-state index in [2.05, 4.69) is 4.98 Å². The first-order valence-corrected chi connectivity index (χ1v) is 6.69. The molecule has 0 bridgehead atoms. The Bertz CT molecular complexity index is 540. The number of carbonyl (C=O) groups is 1. The lowest BCUT2D eigenvalue weighted by molar-refractivity contribution is -0.138. The fourth-order valence-electron chi connectivity index (χ4n) is 0.972. The number of aromatic nitrogens is 2. The number of halogens is 4. The summed E-state index contributed by atoms with van der Waals surface area (Å²) in [6.45, 7) is -1.95. The van der Waals surface area contributed by atoms with Gasteiger partial charge in [-0.2, -0.15) is 13.2 Å². The van der Waals surface area contributed by atoms with Crippen molar-refractivity contribution in [2.24, 2.45) is 0 Å². The molecular weight excluding hydrogens is 299 g/mol. The van der Waals surface area contributed by atoms with E-state index in [1.54, 1.807) is 5.32 Å². The van der Waals surface area contributed by atoms with Crippen LogP contribution in [0, 0.1) is 0 Å². The molecule has 1 heterocycles. The lowest BCUT2D eigenvalue weighted by atomic mass is 10.5. The van der Waals surface area contributed by atoms with Crippen LogP contribution in [0.1, 0.15) is 0 Å². The summed E-state index contributed by atoms with van der Waals surface area (Å²) in [5, 5.41) is 1.15. The van der Waals surface area contributed by atoms with Gasteiger partial charge in [-0.25, -0.2) is 13.4 Å². The fraction of sp³-hybridized carbons (Fsp3) is 0.429. The molecule has 0 fully saturated rings. The van der Waals surface area contributed by atoms with Crippen LogP contribution in [0.3, 0.4) is 0 Å². The van der Waals surface area contributed by atoms with Gasteiger partial charge in [0, 0.05) is 16.9 Å². The monoisotopic (exact) mass is 305 g/mol. The van der Waals surface area contributed by atoms with Gasteiger partial charge in [0.2, 0.25) is 5.91 Å². The summed E-state index contributed by atoms with van der Waals surface area (Å²) in [6.07, 6.45) is -2.59. The Hall–Kier alpha value is -1.29. The molecule has 1 rings (SSSR count). The van der Waals surface area contributed by atoms with Crippen molar-refractivity contribution in [3.63, 3.8) is 0 Å². The predicted octanol–water partition coefficient (Wildman–Crippen LogP) is 0.489. The minimum Gasteiger partial charge on any atom is -0.345 e. The van der Waals surface area contributed by atoms with Crippen LogP contribution in [0.25, 0.3) is 0 Å². The van der Waals surface area contributed by atoms with Crippen molar-refractivity contribution in [3.05, 3.63) is 12.5 Å². The van der Waals surface area contributed by atoms with E-state index in [1.807, 2.05) is 0 Å². The standard InChI is InChI=1S/C7H7ClF3N3O3S/c8-18(16,17)6-2-14(4-13-6)1-5(15)12-3-7(9,10)11/h2,4H,1,3H2,(H,12,15). The van der Waals surface area contributed by atoms with Gasteiger partial charge in [-0.05, 0) is 0 Å². The Balaban J connectivity index is 2.58. The minimum absolute atomic E-state index is 0.479. The molecule has 0 saturated heterocycles. The highest BCUT2D eigenvalue weighted by Gasteiger charge is 2.27. The topological polar surface area (TPSA) is 81.1 Å². The van der Waals surface area contributed by atoms with Crippen LogP contribution in [0.2, 0.25) is 0 Å². The highest BCUT2D eigenvalue weighted by molar-refractivity contribution is 8.13. The average molecular weight is 306 g/mol. The SMILES string of the molecule is O=C(Cn1cnc(S(=O)(=O)Cl)c1)NCC(F)(F)F. The molecule has 0 unspecified atom stereocenters. The van der Waals surface area contributed by atoms with Crippen LogP contribution < -0.4 is 5.32 Å². The van der Waals surface area contributed by atoms with Crippen LogP contribution in [-0.4, -0.2) is 36.6 Å². The van der Waals surface area contributed by atoms with Crippen molar-refractivity contribution in [1.82, 2.24) is 14.9 Å². The lowest BCUT2D eigenvalue weighted by Gasteiger charge is -2.08. The fourth-order valence-corrected chi connectivity index (χ4v) is 1.65. The molecule has 0 aromatic carbocycles. The molecule has 1 N–H and O–H groups in total. The summed E-state index contributed by atoms with van der Waals surface area (Å²) in [5.41, 5.74) is 0. The Morgan fingerprint density at radius 2 is 2.11 bits per heavy atom. The number of imidazole rings is 1. The third kappa shape index (κ3) is 4.92. The summed E-state index contributed by atoms with van der Waals surface area (Å²) in [6, 6.07) is 0. The third-order valence-electron chi connectivity index (χ3n) is 1.67. The number of amides is 1. The second-order valence-corrected chi connectivity index (χ2v) is 5.73. The third-order valence-corrected chi connectivity index (χ3v) is 2.86. The Morgan fingerprint density at radius 3 is 2.56 bits per heavy atom. The molecule has 0 aliphatic carbocycles. The molecule has 18 heavy (non-hydrogen) atoms. The van der Waals surface area contributed by atoms with Gasteiger partial charge in [0.1, 0.15) is 13.1 Å². The second-order valence-electron chi connectivity index (χ2n) is 3.21. The van der Waals surface area contributed by atoms with E-state index in [4.69, 9.17) is 10.7 Å². The number of hydrogen-bond donors (Lipinski definition) is 1. The van der Waals surface area contributed by atoms with Gasteiger partial charge < -0.3 is 9.88 Å². The molecule has 0 saturated carbocycles. The summed E-state index contributed by atoms with van der Waals surface area (Å²) in [5.74, 6) is -0.928. The summed E-state index contributed by atoms with van der Waals surface area (Å²) < 4.78 is 58.0. The van der Waals surface area contributed by atoms with Crippen molar-refractivity contribution in [2.75, 3.05) is 6.54 Å². The van der Waals surface area contributed by atoms with Crippen molar-refractivity contribution in [3.8, 4) is 0 Å². The lowest BCUT2D eigenvalue weighted by Crippen LogP contribution is -2.35. The zero-order chi connectivity index (χ0) is 14.0. The molecule has 11 heteroatoms. The molecule has 0 atom stereocenters. The first-order chi connectivity index (χ1) is 8.08. The predicted molar refractivity (Wildman–Crippen MR) is 54.3 cm³/mol. The average Bonchev–Trinajstić information content (AvgIpc) is 2.61. The van der Waals surface area contributed by atoms with E-state index in [0.717, 1.165) is 17.1 Å². The van der Waals surface area contributed by atoms with Gasteiger partial charge in [-0.1, -0.05) is 0 Å². The summed E-state index contributed by atoms with van der Waals surface area (Å²) in [4.78, 5) is 14.5. The Labute approximate surface area is 104 Å². The van der Waals surface area contributed by atoms with Gasteiger partial charge in [0.25, 0.3) is 9.05 Å². The smallest absolute Gasteiger partial charge is 0.345 e. The van der Waals surface area contributed by atoms with Crippen LogP contribution in [-0.2, 0) is 20.4 Å². The quantitative estimate of drug-likeness (QED) is 0.821. The van der Waals surface area contributed by atoms with Crippen LogP contribution >= 0.6 is 10.7 Å². The van der Waals surface area contributed by atoms with E-state index in [1.165, 1.54) is 0 Å². The van der Waals surface area contributed by atoms with E-state index in [0.29, 0.717) is 0 Å². The molecule has 1 aromatic heterocycles. The molecule has 102 valence electrons. The first-order valence-electron chi connectivity index (χ1n) is 4.38. The van der Waals surface area contributed by atoms with Crippen molar-refractivity contribution < 1.29 is 26.4 Å². The number of carbonyl (C=O) groups excluding carboxylic acids is 1. The van der Waals surface area contributed by atoms with Crippen LogP contribution in [0.4, 0.5) is 13.2 Å². The molecule has 0 radical (unpaired) electrons. The Morgan fingerprint density at radius 1 is 1.50 bits per heavy atom. The first kappa shape index (κ1) is 14.8. The van der Waals surface area contributed by atoms with Crippen LogP contribution in [0.15, 0.2) is 17.6 Å². The van der Waals surface area contributed by atoms with Gasteiger partial charge >= 0.3 is 6.18 Å². The van der Waals surface area contributed by atoms with Crippen molar-refractivity contribution >= 4 is 25.6 Å². The van der Waals surface area contributed by atoms with Crippen molar-refractivity contribution in [2.45, 2.75) is 17.7 Å². The molecule has 6 nitrogen and oxygen atoms in total. The minimum atomic E-state index is -4.50. The maximum Gasteiger partial charge on any atom is 0.405 e. The largest absolute Gasteiger partial charge is 0.405 e. The highest BCUT2D eigenvalue weighted by Crippen LogP contribution is 2.13. The maximum atomic E-state index is 11.8. The van der Waals surface area contributed by atoms with Gasteiger partial charge in [0.15, 0.2) is 5.03 Å². The number of alkyl halides is 3. The van der Waals surface area contributed by atoms with E-state index in [-0.39, 0.29) is 0 Å². The molecular formula is C7H7ClF3N3O3S. The van der Waals surface area contributed by atoms with Crippen molar-refractivity contribution in [1.29, 1.82) is 0 Å². The molecule has 0 aliphatic rings. The van der Waals surface area contributed by atoms with Gasteiger partial charge in [0.05, 0.1) is 6.33 Å². The van der Waals surface area contributed by atoms with Crippen LogP contribution in [0.5, 0.6) is 0 Å². The summed E-state index contributed by atoms with van der Waals surface area (Å²) in [7, 11) is 0.952. The van der Waals surface area contributed by atoms with E-state index >= 15 is 0 Å². The maximum absolute atomic E-state index is 11.8. The van der Waals surface area contributed by atoms with Gasteiger partial charge in [-0.15, -0.1) is 0 Å². The Kier molecular flexibility index (Phi) is 4.22. The number of hydrogen-bond acceptors (Lipinski definition) is 4. The number of nitrogens with zero attached hydrogens (tertiary/aromatic N) is 2. The van der Waals surface area contributed by atoms with E-state index < -0.39 is 39.2 Å². The summed E-state index contributed by atoms with van der Waals surface area (Å²) >= 11 is 0. The zero-order valence-electron chi connectivity index (χ0n) is 8.61. The second kappa shape index (κ2) is 5.14. The van der Waals surface area contributed by atoms with Gasteiger partial charge in [-0.3, -0.25) is 4.79 Å². The zero-order valence-corrected chi connectivity index (χ0v) is 10.2. The highest BCUT2D eigenvalue weighted by atomic mass is 35.7. The molecule has 0 spiro atoms. The molecule has 1 amide bonds. The molecule has 1 aromatic rings. The normalized spacial score (nSPS) is 12.4. The number of nitrogens with one attached hydrogen (secondary N) is 1. The number of rotatable bonds is 4.